The van der Waals surface area contributed by atoms with E-state index in [1.807, 2.05) is 0 Å². The van der Waals surface area contributed by atoms with Crippen molar-refractivity contribution in [3.05, 3.63) is 24.3 Å². The van der Waals surface area contributed by atoms with Crippen LogP contribution >= 0.6 is 0 Å². The highest BCUT2D eigenvalue weighted by atomic mass is 32.2. The van der Waals surface area contributed by atoms with Gasteiger partial charge in [0.25, 0.3) is 0 Å². The highest BCUT2D eigenvalue weighted by Crippen LogP contribution is 2.24. The lowest BCUT2D eigenvalue weighted by molar-refractivity contribution is 0.342. The van der Waals surface area contributed by atoms with Crippen LogP contribution in [0.3, 0.4) is 0 Å². The summed E-state index contributed by atoms with van der Waals surface area (Å²) in [5, 5.41) is 8.42. The third-order valence-electron chi connectivity index (χ3n) is 3.41. The molecule has 0 aliphatic heterocycles. The van der Waals surface area contributed by atoms with Crippen molar-refractivity contribution in [1.82, 2.24) is 0 Å². The van der Waals surface area contributed by atoms with Gasteiger partial charge in [-0.2, -0.15) is 0 Å². The van der Waals surface area contributed by atoms with E-state index in [2.05, 4.69) is 26.1 Å². The Hall–Kier alpha value is -1.07. The summed E-state index contributed by atoms with van der Waals surface area (Å²) in [5.74, 6) is 0. The monoisotopic (exact) mass is 298 g/mol. The lowest BCUT2D eigenvalue weighted by atomic mass is 9.87. The van der Waals surface area contributed by atoms with E-state index >= 15 is 0 Å². The van der Waals surface area contributed by atoms with Gasteiger partial charge in [-0.3, -0.25) is 0 Å². The van der Waals surface area contributed by atoms with Crippen molar-refractivity contribution < 1.29 is 8.42 Å². The quantitative estimate of drug-likeness (QED) is 0.723. The van der Waals surface area contributed by atoms with Crippen LogP contribution in [0.2, 0.25) is 0 Å². The zero-order valence-electron chi connectivity index (χ0n) is 12.6. The van der Waals surface area contributed by atoms with E-state index in [-0.39, 0.29) is 10.3 Å². The molecule has 0 aromatic heterocycles. The summed E-state index contributed by atoms with van der Waals surface area (Å²) in [5.41, 5.74) is 1.15. The lowest BCUT2D eigenvalue weighted by Gasteiger charge is -2.25. The number of primary sulfonamides is 1. The number of benzene rings is 1. The summed E-state index contributed by atoms with van der Waals surface area (Å²) in [6.45, 7) is 7.56. The average molecular weight is 298 g/mol. The largest absolute Gasteiger partial charge is 0.385 e. The summed E-state index contributed by atoms with van der Waals surface area (Å²) >= 11 is 0. The first-order chi connectivity index (χ1) is 9.24. The minimum absolute atomic E-state index is 0.144. The van der Waals surface area contributed by atoms with Gasteiger partial charge in [-0.1, -0.05) is 40.0 Å². The minimum atomic E-state index is -3.61. The molecule has 0 aliphatic carbocycles. The molecule has 0 saturated heterocycles. The minimum Gasteiger partial charge on any atom is -0.385 e. The molecule has 0 amide bonds. The smallest absolute Gasteiger partial charge is 0.238 e. The molecule has 20 heavy (non-hydrogen) atoms. The normalized spacial score (nSPS) is 12.4. The fourth-order valence-electron chi connectivity index (χ4n) is 2.05. The summed E-state index contributed by atoms with van der Waals surface area (Å²) in [7, 11) is -3.61. The van der Waals surface area contributed by atoms with Crippen LogP contribution in [0, 0.1) is 5.41 Å². The Morgan fingerprint density at radius 1 is 1.15 bits per heavy atom. The van der Waals surface area contributed by atoms with Crippen LogP contribution in [-0.2, 0) is 10.0 Å². The van der Waals surface area contributed by atoms with E-state index in [4.69, 9.17) is 5.14 Å². The second-order valence-corrected chi connectivity index (χ2v) is 7.61. The van der Waals surface area contributed by atoms with Crippen LogP contribution in [-0.4, -0.2) is 15.0 Å². The van der Waals surface area contributed by atoms with Gasteiger partial charge in [0.1, 0.15) is 0 Å². The fourth-order valence-corrected chi connectivity index (χ4v) is 2.56. The van der Waals surface area contributed by atoms with Crippen LogP contribution < -0.4 is 10.5 Å². The van der Waals surface area contributed by atoms with E-state index < -0.39 is 10.0 Å². The van der Waals surface area contributed by atoms with Crippen molar-refractivity contribution >= 4 is 15.7 Å². The molecule has 0 fully saturated rings. The molecule has 1 rings (SSSR count). The van der Waals surface area contributed by atoms with E-state index in [0.717, 1.165) is 12.2 Å². The third-order valence-corrected chi connectivity index (χ3v) is 4.34. The Kier molecular flexibility index (Phi) is 6.02. The van der Waals surface area contributed by atoms with Crippen LogP contribution in [0.1, 0.15) is 46.5 Å². The van der Waals surface area contributed by atoms with Crippen molar-refractivity contribution in [2.24, 2.45) is 10.6 Å². The van der Waals surface area contributed by atoms with Crippen LogP contribution in [0.25, 0.3) is 0 Å². The SMILES string of the molecule is CCCCCC(C)(C)CNc1ccc(S(N)(=O)=O)cc1. The van der Waals surface area contributed by atoms with E-state index in [0.29, 0.717) is 0 Å². The molecule has 0 saturated carbocycles. The zero-order chi connectivity index (χ0) is 15.2. The Labute approximate surface area is 122 Å². The van der Waals surface area contributed by atoms with Crippen molar-refractivity contribution in [2.45, 2.75) is 51.3 Å². The van der Waals surface area contributed by atoms with Gasteiger partial charge >= 0.3 is 0 Å². The molecule has 5 heteroatoms. The first-order valence-corrected chi connectivity index (χ1v) is 8.66. The molecule has 0 aliphatic rings. The molecule has 1 aromatic rings. The van der Waals surface area contributed by atoms with Crippen molar-refractivity contribution in [3.63, 3.8) is 0 Å². The van der Waals surface area contributed by atoms with E-state index in [1.165, 1.54) is 37.8 Å². The maximum absolute atomic E-state index is 11.2. The first kappa shape index (κ1) is 17.0. The standard InChI is InChI=1S/C15H26N2O2S/c1-4-5-6-11-15(2,3)12-17-13-7-9-14(10-8-13)20(16,18)19/h7-10,17H,4-6,11-12H2,1-3H3,(H2,16,18,19). The molecular formula is C15H26N2O2S. The Morgan fingerprint density at radius 3 is 2.25 bits per heavy atom. The second-order valence-electron chi connectivity index (χ2n) is 6.04. The van der Waals surface area contributed by atoms with Crippen molar-refractivity contribution in [1.29, 1.82) is 0 Å². The number of hydrogen-bond acceptors (Lipinski definition) is 3. The predicted octanol–water partition coefficient (Wildman–Crippen LogP) is 3.35. The number of nitrogens with two attached hydrogens (primary N) is 1. The van der Waals surface area contributed by atoms with E-state index in [9.17, 15) is 8.42 Å². The summed E-state index contributed by atoms with van der Waals surface area (Å²) in [6, 6.07) is 6.56. The van der Waals surface area contributed by atoms with Gasteiger partial charge in [0.2, 0.25) is 10.0 Å². The Balaban J connectivity index is 2.53. The maximum atomic E-state index is 11.2. The van der Waals surface area contributed by atoms with Gasteiger partial charge in [-0.05, 0) is 36.1 Å². The van der Waals surface area contributed by atoms with Gasteiger partial charge in [-0.25, -0.2) is 13.6 Å². The molecule has 3 N–H and O–H groups in total. The topological polar surface area (TPSA) is 72.2 Å². The Bertz CT molecular complexity index is 507. The van der Waals surface area contributed by atoms with Crippen LogP contribution in [0.15, 0.2) is 29.2 Å². The van der Waals surface area contributed by atoms with Gasteiger partial charge in [-0.15, -0.1) is 0 Å². The molecule has 4 nitrogen and oxygen atoms in total. The molecule has 0 radical (unpaired) electrons. The highest BCUT2D eigenvalue weighted by molar-refractivity contribution is 7.89. The highest BCUT2D eigenvalue weighted by Gasteiger charge is 2.17. The predicted molar refractivity (Wildman–Crippen MR) is 84.2 cm³/mol. The zero-order valence-corrected chi connectivity index (χ0v) is 13.5. The number of unbranched alkanes of at least 4 members (excludes halogenated alkanes) is 2. The number of hydrogen-bond donors (Lipinski definition) is 2. The van der Waals surface area contributed by atoms with Crippen LogP contribution in [0.5, 0.6) is 0 Å². The molecule has 0 spiro atoms. The molecule has 1 aromatic carbocycles. The molecule has 0 unspecified atom stereocenters. The average Bonchev–Trinajstić information content (AvgIpc) is 2.36. The van der Waals surface area contributed by atoms with Crippen molar-refractivity contribution in [2.75, 3.05) is 11.9 Å². The van der Waals surface area contributed by atoms with Crippen LogP contribution in [0.4, 0.5) is 5.69 Å². The van der Waals surface area contributed by atoms with E-state index in [1.54, 1.807) is 12.1 Å². The molecule has 0 heterocycles. The first-order valence-electron chi connectivity index (χ1n) is 7.11. The van der Waals surface area contributed by atoms with Gasteiger partial charge in [0, 0.05) is 12.2 Å². The molecule has 0 bridgehead atoms. The Morgan fingerprint density at radius 2 is 1.75 bits per heavy atom. The summed E-state index contributed by atoms with van der Waals surface area (Å²) in [4.78, 5) is 0.144. The fraction of sp³-hybridized carbons (Fsp3) is 0.600. The van der Waals surface area contributed by atoms with Crippen molar-refractivity contribution in [3.8, 4) is 0 Å². The number of anilines is 1. The van der Waals surface area contributed by atoms with Gasteiger partial charge in [0.15, 0.2) is 0 Å². The number of nitrogens with one attached hydrogen (secondary N) is 1. The third kappa shape index (κ3) is 5.92. The molecule has 114 valence electrons. The number of rotatable bonds is 8. The van der Waals surface area contributed by atoms with Gasteiger partial charge in [0.05, 0.1) is 4.90 Å². The lowest BCUT2D eigenvalue weighted by Crippen LogP contribution is -2.23. The number of sulfonamides is 1. The summed E-state index contributed by atoms with van der Waals surface area (Å²) in [6.07, 6.45) is 4.93. The maximum Gasteiger partial charge on any atom is 0.238 e. The second kappa shape index (κ2) is 7.09. The van der Waals surface area contributed by atoms with Gasteiger partial charge < -0.3 is 5.32 Å². The summed E-state index contributed by atoms with van der Waals surface area (Å²) < 4.78 is 22.3. The molecule has 0 atom stereocenters. The molecular weight excluding hydrogens is 272 g/mol.